The molecule has 0 amide bonds. The van der Waals surface area contributed by atoms with Crippen LogP contribution in [0.15, 0.2) is 0 Å². The Morgan fingerprint density at radius 3 is 2.54 bits per heavy atom. The van der Waals surface area contributed by atoms with E-state index in [0.717, 1.165) is 19.3 Å². The summed E-state index contributed by atoms with van der Waals surface area (Å²) in [6.07, 6.45) is 4.08. The predicted molar refractivity (Wildman–Crippen MR) is 102 cm³/mol. The number of hydrogen-bond donors (Lipinski definition) is 0. The first-order valence-corrected chi connectivity index (χ1v) is 10.6. The van der Waals surface area contributed by atoms with Crippen molar-refractivity contribution < 1.29 is 28.6 Å². The van der Waals surface area contributed by atoms with Crippen molar-refractivity contribution in [1.82, 2.24) is 0 Å². The standard InChI is InChI=1S/C22H34O6/c1-13(2)8-21(5,14(3)4)20(25)26-12-18(23)28-22-9-15-6-16(10-22)19(24)27-17(7-15)11-22/h13-17H,6-12H2,1-5H3. The minimum Gasteiger partial charge on any atom is -0.462 e. The van der Waals surface area contributed by atoms with Gasteiger partial charge in [0.25, 0.3) is 0 Å². The second-order valence-corrected chi connectivity index (χ2v) is 10.1. The molecule has 2 aliphatic heterocycles. The molecule has 0 radical (unpaired) electrons. The average molecular weight is 395 g/mol. The molecule has 2 heterocycles. The van der Waals surface area contributed by atoms with E-state index >= 15 is 0 Å². The van der Waals surface area contributed by atoms with Crippen molar-refractivity contribution in [3.63, 3.8) is 0 Å². The van der Waals surface area contributed by atoms with E-state index in [1.807, 2.05) is 20.8 Å². The molecule has 6 nitrogen and oxygen atoms in total. The normalized spacial score (nSPS) is 33.4. The van der Waals surface area contributed by atoms with Crippen LogP contribution in [0.5, 0.6) is 0 Å². The summed E-state index contributed by atoms with van der Waals surface area (Å²) in [5, 5.41) is 0. The van der Waals surface area contributed by atoms with Gasteiger partial charge >= 0.3 is 17.9 Å². The highest BCUT2D eigenvalue weighted by Gasteiger charge is 2.54. The maximum absolute atomic E-state index is 12.7. The number of carbonyl (C=O) groups excluding carboxylic acids is 3. The van der Waals surface area contributed by atoms with Crippen LogP contribution in [0.4, 0.5) is 0 Å². The van der Waals surface area contributed by atoms with Crippen LogP contribution in [0.1, 0.15) is 73.1 Å². The zero-order chi connectivity index (χ0) is 20.7. The van der Waals surface area contributed by atoms with Gasteiger partial charge in [0.15, 0.2) is 6.61 Å². The van der Waals surface area contributed by atoms with Crippen LogP contribution >= 0.6 is 0 Å². The van der Waals surface area contributed by atoms with E-state index in [-0.39, 0.29) is 36.5 Å². The number of fused-ring (bicyclic) bond motifs is 1. The number of ether oxygens (including phenoxy) is 3. The van der Waals surface area contributed by atoms with Gasteiger partial charge in [-0.2, -0.15) is 0 Å². The monoisotopic (exact) mass is 394 g/mol. The molecule has 2 saturated carbocycles. The van der Waals surface area contributed by atoms with Gasteiger partial charge in [-0.25, -0.2) is 4.79 Å². The largest absolute Gasteiger partial charge is 0.462 e. The molecular weight excluding hydrogens is 360 g/mol. The van der Waals surface area contributed by atoms with Crippen LogP contribution < -0.4 is 0 Å². The minimum absolute atomic E-state index is 0.105. The van der Waals surface area contributed by atoms with Crippen LogP contribution in [0.2, 0.25) is 0 Å². The van der Waals surface area contributed by atoms with E-state index in [0.29, 0.717) is 31.1 Å². The Bertz CT molecular complexity index is 641. The number of hydrogen-bond acceptors (Lipinski definition) is 6. The summed E-state index contributed by atoms with van der Waals surface area (Å²) in [5.41, 5.74) is -1.28. The highest BCUT2D eigenvalue weighted by atomic mass is 16.6. The van der Waals surface area contributed by atoms with Gasteiger partial charge in [-0.1, -0.05) is 27.7 Å². The molecule has 4 aliphatic rings. The SMILES string of the molecule is CC(C)CC(C)(C(=O)OCC(=O)OC12CC3CC(C1)OC(=O)C(C3)C2)C(C)C. The van der Waals surface area contributed by atoms with Crippen molar-refractivity contribution in [2.45, 2.75) is 84.8 Å². The maximum atomic E-state index is 12.7. The molecule has 158 valence electrons. The summed E-state index contributed by atoms with van der Waals surface area (Å²) < 4.78 is 16.8. The van der Waals surface area contributed by atoms with E-state index < -0.39 is 17.0 Å². The van der Waals surface area contributed by atoms with Crippen molar-refractivity contribution in [2.24, 2.45) is 29.1 Å². The summed E-state index contributed by atoms with van der Waals surface area (Å²) in [6.45, 7) is 9.66. The lowest BCUT2D eigenvalue weighted by Crippen LogP contribution is -2.48. The quantitative estimate of drug-likeness (QED) is 0.484. The van der Waals surface area contributed by atoms with E-state index in [2.05, 4.69) is 13.8 Å². The summed E-state index contributed by atoms with van der Waals surface area (Å²) >= 11 is 0. The Hall–Kier alpha value is -1.59. The molecule has 0 aromatic carbocycles. The first-order chi connectivity index (χ1) is 13.0. The van der Waals surface area contributed by atoms with Gasteiger partial charge < -0.3 is 14.2 Å². The summed E-state index contributed by atoms with van der Waals surface area (Å²) in [4.78, 5) is 37.4. The molecular formula is C22H34O6. The molecule has 4 fully saturated rings. The highest BCUT2D eigenvalue weighted by molar-refractivity contribution is 5.80. The Labute approximate surface area is 167 Å². The van der Waals surface area contributed by atoms with Gasteiger partial charge in [0, 0.05) is 12.8 Å². The lowest BCUT2D eigenvalue weighted by molar-refractivity contribution is -0.184. The van der Waals surface area contributed by atoms with Crippen LogP contribution in [-0.4, -0.2) is 36.2 Å². The topological polar surface area (TPSA) is 78.9 Å². The third-order valence-electron chi connectivity index (χ3n) is 6.93. The lowest BCUT2D eigenvalue weighted by Gasteiger charge is -2.45. The fourth-order valence-corrected chi connectivity index (χ4v) is 5.46. The smallest absolute Gasteiger partial charge is 0.344 e. The molecule has 2 aliphatic carbocycles. The molecule has 2 saturated heterocycles. The molecule has 28 heavy (non-hydrogen) atoms. The number of esters is 3. The molecule has 6 heteroatoms. The zero-order valence-electron chi connectivity index (χ0n) is 17.8. The summed E-state index contributed by atoms with van der Waals surface area (Å²) in [5.74, 6) is -0.411. The van der Waals surface area contributed by atoms with Crippen molar-refractivity contribution in [2.75, 3.05) is 6.61 Å². The molecule has 4 rings (SSSR count). The Morgan fingerprint density at radius 2 is 1.89 bits per heavy atom. The van der Waals surface area contributed by atoms with Crippen molar-refractivity contribution in [3.8, 4) is 0 Å². The number of carbonyl (C=O) groups is 3. The van der Waals surface area contributed by atoms with Gasteiger partial charge in [0.05, 0.1) is 11.3 Å². The molecule has 5 atom stereocenters. The maximum Gasteiger partial charge on any atom is 0.344 e. The van der Waals surface area contributed by atoms with Gasteiger partial charge in [0.2, 0.25) is 0 Å². The number of rotatable bonds is 7. The summed E-state index contributed by atoms with van der Waals surface area (Å²) in [6, 6.07) is 0. The van der Waals surface area contributed by atoms with E-state index in [9.17, 15) is 14.4 Å². The third-order valence-corrected chi connectivity index (χ3v) is 6.93. The second kappa shape index (κ2) is 7.68. The molecule has 4 bridgehead atoms. The van der Waals surface area contributed by atoms with Crippen molar-refractivity contribution >= 4 is 17.9 Å². The van der Waals surface area contributed by atoms with Crippen molar-refractivity contribution in [3.05, 3.63) is 0 Å². The van der Waals surface area contributed by atoms with Crippen LogP contribution in [-0.2, 0) is 28.6 Å². The molecule has 5 unspecified atom stereocenters. The van der Waals surface area contributed by atoms with E-state index in [1.54, 1.807) is 0 Å². The molecule has 0 spiro atoms. The van der Waals surface area contributed by atoms with Crippen LogP contribution in [0, 0.1) is 29.1 Å². The van der Waals surface area contributed by atoms with Gasteiger partial charge in [0.1, 0.15) is 11.7 Å². The van der Waals surface area contributed by atoms with E-state index in [4.69, 9.17) is 14.2 Å². The molecule has 0 N–H and O–H groups in total. The summed E-state index contributed by atoms with van der Waals surface area (Å²) in [7, 11) is 0. The zero-order valence-corrected chi connectivity index (χ0v) is 17.8. The van der Waals surface area contributed by atoms with Crippen LogP contribution in [0.25, 0.3) is 0 Å². The Balaban J connectivity index is 1.60. The Kier molecular flexibility index (Phi) is 5.79. The second-order valence-electron chi connectivity index (χ2n) is 10.1. The fourth-order valence-electron chi connectivity index (χ4n) is 5.46. The third kappa shape index (κ3) is 4.20. The van der Waals surface area contributed by atoms with Gasteiger partial charge in [-0.05, 0) is 50.4 Å². The van der Waals surface area contributed by atoms with Gasteiger partial charge in [-0.3, -0.25) is 9.59 Å². The molecule has 0 aromatic heterocycles. The highest BCUT2D eigenvalue weighted by Crippen LogP contribution is 2.51. The fraction of sp³-hybridized carbons (Fsp3) is 0.864. The molecule has 0 aromatic rings. The van der Waals surface area contributed by atoms with Gasteiger partial charge in [-0.15, -0.1) is 0 Å². The lowest BCUT2D eigenvalue weighted by atomic mass is 9.65. The Morgan fingerprint density at radius 1 is 1.18 bits per heavy atom. The van der Waals surface area contributed by atoms with Crippen LogP contribution in [0.3, 0.4) is 0 Å². The predicted octanol–water partition coefficient (Wildman–Crippen LogP) is 3.66. The average Bonchev–Trinajstić information content (AvgIpc) is 2.72. The minimum atomic E-state index is -0.647. The van der Waals surface area contributed by atoms with E-state index in [1.165, 1.54) is 0 Å². The first-order valence-electron chi connectivity index (χ1n) is 10.6. The first kappa shape index (κ1) is 21.1. The van der Waals surface area contributed by atoms with Crippen molar-refractivity contribution in [1.29, 1.82) is 0 Å².